The fraction of sp³-hybridized carbons (Fsp3) is 0.0435. The molecule has 0 fully saturated rings. The van der Waals surface area contributed by atoms with Crippen molar-refractivity contribution < 1.29 is 14.3 Å². The maximum absolute atomic E-state index is 12.3. The second kappa shape index (κ2) is 8.90. The van der Waals surface area contributed by atoms with Crippen molar-refractivity contribution in [2.45, 2.75) is 0 Å². The van der Waals surface area contributed by atoms with Crippen LogP contribution in [-0.2, 0) is 0 Å². The lowest BCUT2D eigenvalue weighted by Gasteiger charge is -2.10. The molecule has 3 rings (SSSR count). The van der Waals surface area contributed by atoms with Gasteiger partial charge in [0.15, 0.2) is 11.5 Å². The molecule has 0 N–H and O–H groups in total. The summed E-state index contributed by atoms with van der Waals surface area (Å²) in [4.78, 5) is 12.3. The predicted molar refractivity (Wildman–Crippen MR) is 109 cm³/mol. The van der Waals surface area contributed by atoms with Crippen LogP contribution in [0.3, 0.4) is 0 Å². The van der Waals surface area contributed by atoms with E-state index >= 15 is 0 Å². The minimum atomic E-state index is -0.471. The number of esters is 1. The summed E-state index contributed by atoms with van der Waals surface area (Å²) in [6, 6.07) is 23.0. The molecule has 0 atom stereocenters. The molecule has 0 radical (unpaired) electrons. The summed E-state index contributed by atoms with van der Waals surface area (Å²) in [5.41, 5.74) is 2.42. The zero-order chi connectivity index (χ0) is 19.9. The average molecular weight is 390 g/mol. The molecule has 3 aromatic rings. The summed E-state index contributed by atoms with van der Waals surface area (Å²) in [6.45, 7) is 0. The van der Waals surface area contributed by atoms with Crippen molar-refractivity contribution in [3.05, 3.63) is 94.5 Å². The van der Waals surface area contributed by atoms with Gasteiger partial charge in [0.05, 0.1) is 24.3 Å². The number of nitrogens with zero attached hydrogens (tertiary/aromatic N) is 1. The fourth-order valence-electron chi connectivity index (χ4n) is 2.57. The van der Waals surface area contributed by atoms with Crippen molar-refractivity contribution in [3.8, 4) is 17.6 Å². The first-order valence-corrected chi connectivity index (χ1v) is 8.81. The highest BCUT2D eigenvalue weighted by atomic mass is 35.5. The van der Waals surface area contributed by atoms with Crippen LogP contribution in [0.4, 0.5) is 0 Å². The molecule has 0 aliphatic heterocycles. The van der Waals surface area contributed by atoms with Crippen molar-refractivity contribution in [3.63, 3.8) is 0 Å². The van der Waals surface area contributed by atoms with E-state index in [2.05, 4.69) is 6.07 Å². The first-order valence-electron chi connectivity index (χ1n) is 8.43. The predicted octanol–water partition coefficient (Wildman–Crippen LogP) is 5.63. The van der Waals surface area contributed by atoms with E-state index < -0.39 is 5.97 Å². The van der Waals surface area contributed by atoms with Crippen LogP contribution in [0.2, 0.25) is 5.02 Å². The van der Waals surface area contributed by atoms with Crippen molar-refractivity contribution >= 4 is 29.2 Å². The average Bonchev–Trinajstić information content (AvgIpc) is 2.74. The number of methoxy groups -OCH3 is 1. The molecule has 0 bridgehead atoms. The van der Waals surface area contributed by atoms with Crippen LogP contribution in [-0.4, -0.2) is 13.1 Å². The second-order valence-electron chi connectivity index (χ2n) is 5.84. The molecule has 0 amide bonds. The molecule has 0 unspecified atom stereocenters. The monoisotopic (exact) mass is 389 g/mol. The molecule has 5 heteroatoms. The first-order chi connectivity index (χ1) is 13.6. The molecular formula is C23H16ClNO3. The normalized spacial score (nSPS) is 10.8. The van der Waals surface area contributed by atoms with Crippen LogP contribution in [0.15, 0.2) is 72.8 Å². The van der Waals surface area contributed by atoms with Crippen LogP contribution in [0.25, 0.3) is 11.6 Å². The minimum absolute atomic E-state index is 0.304. The number of carbonyl (C=O) groups excluding carboxylic acids is 1. The Morgan fingerprint density at radius 1 is 0.964 bits per heavy atom. The van der Waals surface area contributed by atoms with Crippen LogP contribution in [0, 0.1) is 11.3 Å². The first kappa shape index (κ1) is 19.2. The SMILES string of the molecule is COc1cc(/C=C(\C#N)c2ccc(Cl)cc2)ccc1OC(=O)c1ccccc1. The van der Waals surface area contributed by atoms with E-state index in [9.17, 15) is 10.1 Å². The highest BCUT2D eigenvalue weighted by Crippen LogP contribution is 2.30. The summed E-state index contributed by atoms with van der Waals surface area (Å²) in [6.07, 6.45) is 1.73. The van der Waals surface area contributed by atoms with Crippen molar-refractivity contribution in [2.24, 2.45) is 0 Å². The molecule has 0 aromatic heterocycles. The van der Waals surface area contributed by atoms with Crippen LogP contribution in [0.1, 0.15) is 21.5 Å². The van der Waals surface area contributed by atoms with Gasteiger partial charge in [-0.25, -0.2) is 4.79 Å². The molecule has 138 valence electrons. The maximum Gasteiger partial charge on any atom is 0.343 e. The third-order valence-corrected chi connectivity index (χ3v) is 4.24. The fourth-order valence-corrected chi connectivity index (χ4v) is 2.69. The zero-order valence-electron chi connectivity index (χ0n) is 15.1. The summed E-state index contributed by atoms with van der Waals surface area (Å²) in [5.74, 6) is 0.228. The number of halogens is 1. The smallest absolute Gasteiger partial charge is 0.343 e. The van der Waals surface area contributed by atoms with Gasteiger partial charge >= 0.3 is 5.97 Å². The Bertz CT molecular complexity index is 1050. The van der Waals surface area contributed by atoms with E-state index in [4.69, 9.17) is 21.1 Å². The Balaban J connectivity index is 1.87. The Kier molecular flexibility index (Phi) is 6.11. The van der Waals surface area contributed by atoms with Crippen LogP contribution < -0.4 is 9.47 Å². The Labute approximate surface area is 168 Å². The van der Waals surface area contributed by atoms with Crippen molar-refractivity contribution in [1.82, 2.24) is 0 Å². The Morgan fingerprint density at radius 3 is 2.32 bits per heavy atom. The lowest BCUT2D eigenvalue weighted by molar-refractivity contribution is 0.0729. The van der Waals surface area contributed by atoms with Gasteiger partial charge in [-0.15, -0.1) is 0 Å². The molecule has 0 heterocycles. The van der Waals surface area contributed by atoms with Crippen molar-refractivity contribution in [1.29, 1.82) is 5.26 Å². The molecule has 0 aliphatic rings. The Hall–Kier alpha value is -3.55. The lowest BCUT2D eigenvalue weighted by atomic mass is 10.0. The third kappa shape index (κ3) is 4.59. The van der Waals surface area contributed by atoms with Crippen molar-refractivity contribution in [2.75, 3.05) is 7.11 Å². The van der Waals surface area contributed by atoms with E-state index in [1.54, 1.807) is 72.8 Å². The van der Waals surface area contributed by atoms with E-state index in [0.717, 1.165) is 11.1 Å². The van der Waals surface area contributed by atoms with Gasteiger partial charge in [0.25, 0.3) is 0 Å². The van der Waals surface area contributed by atoms with E-state index in [1.807, 2.05) is 6.07 Å². The number of hydrogen-bond acceptors (Lipinski definition) is 4. The van der Waals surface area contributed by atoms with E-state index in [1.165, 1.54) is 7.11 Å². The standard InChI is InChI=1S/C23H16ClNO3/c1-27-22-14-16(13-19(15-25)17-8-10-20(24)11-9-17)7-12-21(22)28-23(26)18-5-3-2-4-6-18/h2-14H,1H3/b19-13+. The van der Waals surface area contributed by atoms with Gasteiger partial charge in [-0.05, 0) is 53.6 Å². The lowest BCUT2D eigenvalue weighted by Crippen LogP contribution is -2.09. The highest BCUT2D eigenvalue weighted by Gasteiger charge is 2.12. The van der Waals surface area contributed by atoms with Gasteiger partial charge in [-0.1, -0.05) is 48.0 Å². The molecule has 4 nitrogen and oxygen atoms in total. The third-order valence-electron chi connectivity index (χ3n) is 3.99. The molecule has 0 saturated heterocycles. The van der Waals surface area contributed by atoms with Gasteiger partial charge in [0.1, 0.15) is 0 Å². The van der Waals surface area contributed by atoms with Gasteiger partial charge in [0.2, 0.25) is 0 Å². The molecular weight excluding hydrogens is 374 g/mol. The number of nitriles is 1. The highest BCUT2D eigenvalue weighted by molar-refractivity contribution is 6.30. The molecule has 3 aromatic carbocycles. The number of rotatable bonds is 5. The number of ether oxygens (including phenoxy) is 2. The number of allylic oxidation sites excluding steroid dienone is 1. The molecule has 0 aliphatic carbocycles. The van der Waals surface area contributed by atoms with E-state index in [0.29, 0.717) is 27.7 Å². The molecule has 0 saturated carbocycles. The molecule has 0 spiro atoms. The van der Waals surface area contributed by atoms with Gasteiger partial charge in [0, 0.05) is 5.02 Å². The largest absolute Gasteiger partial charge is 0.493 e. The van der Waals surface area contributed by atoms with E-state index in [-0.39, 0.29) is 0 Å². The Morgan fingerprint density at radius 2 is 1.68 bits per heavy atom. The maximum atomic E-state index is 12.3. The summed E-state index contributed by atoms with van der Waals surface area (Å²) < 4.78 is 10.8. The quantitative estimate of drug-likeness (QED) is 0.245. The van der Waals surface area contributed by atoms with Gasteiger partial charge in [-0.2, -0.15) is 5.26 Å². The number of hydrogen-bond donors (Lipinski definition) is 0. The summed E-state index contributed by atoms with van der Waals surface area (Å²) in [5, 5.41) is 10.1. The second-order valence-corrected chi connectivity index (χ2v) is 6.28. The summed E-state index contributed by atoms with van der Waals surface area (Å²) >= 11 is 5.90. The van der Waals surface area contributed by atoms with Crippen LogP contribution in [0.5, 0.6) is 11.5 Å². The van der Waals surface area contributed by atoms with Gasteiger partial charge < -0.3 is 9.47 Å². The summed E-state index contributed by atoms with van der Waals surface area (Å²) in [7, 11) is 1.49. The van der Waals surface area contributed by atoms with Gasteiger partial charge in [-0.3, -0.25) is 0 Å². The number of carbonyl (C=O) groups is 1. The van der Waals surface area contributed by atoms with Crippen LogP contribution >= 0.6 is 11.6 Å². The molecule has 28 heavy (non-hydrogen) atoms. The minimum Gasteiger partial charge on any atom is -0.493 e. The number of benzene rings is 3. The zero-order valence-corrected chi connectivity index (χ0v) is 15.8. The topological polar surface area (TPSA) is 59.3 Å².